The number of amides is 1. The maximum absolute atomic E-state index is 12.0. The van der Waals surface area contributed by atoms with Crippen LogP contribution in [0.2, 0.25) is 0 Å². The van der Waals surface area contributed by atoms with E-state index in [1.807, 2.05) is 47.9 Å². The number of aromatic nitrogens is 2. The standard InChI is InChI=1S/C17H15Br2N3O2/c1-3-22-14-9-10(24-15-11(18)5-4-6-12(15)19)7-8-13(14)21-16(22)17(23)20-2/h4-9H,3H2,1-2H3,(H,20,23). The van der Waals surface area contributed by atoms with Gasteiger partial charge >= 0.3 is 0 Å². The summed E-state index contributed by atoms with van der Waals surface area (Å²) in [5.41, 5.74) is 1.62. The minimum Gasteiger partial charge on any atom is -0.455 e. The summed E-state index contributed by atoms with van der Waals surface area (Å²) < 4.78 is 9.59. The Labute approximate surface area is 156 Å². The van der Waals surface area contributed by atoms with Crippen molar-refractivity contribution in [3.63, 3.8) is 0 Å². The first kappa shape index (κ1) is 17.0. The third-order valence-electron chi connectivity index (χ3n) is 3.60. The summed E-state index contributed by atoms with van der Waals surface area (Å²) >= 11 is 6.98. The number of ether oxygens (including phenoxy) is 1. The number of nitrogens with one attached hydrogen (secondary N) is 1. The molecule has 0 saturated heterocycles. The Balaban J connectivity index is 2.06. The lowest BCUT2D eigenvalue weighted by Gasteiger charge is -2.10. The van der Waals surface area contributed by atoms with Gasteiger partial charge in [0.15, 0.2) is 11.6 Å². The fourth-order valence-corrected chi connectivity index (χ4v) is 3.63. The van der Waals surface area contributed by atoms with Crippen LogP contribution in [0.25, 0.3) is 11.0 Å². The van der Waals surface area contributed by atoms with Crippen LogP contribution < -0.4 is 10.1 Å². The molecule has 24 heavy (non-hydrogen) atoms. The first-order valence-corrected chi connectivity index (χ1v) is 8.98. The number of para-hydroxylation sites is 1. The molecule has 1 amide bonds. The van der Waals surface area contributed by atoms with E-state index in [0.29, 0.717) is 23.9 Å². The quantitative estimate of drug-likeness (QED) is 0.622. The number of carbonyl (C=O) groups is 1. The van der Waals surface area contributed by atoms with Crippen molar-refractivity contribution < 1.29 is 9.53 Å². The normalized spacial score (nSPS) is 10.8. The Kier molecular flexibility index (Phi) is 4.91. The van der Waals surface area contributed by atoms with Crippen LogP contribution in [0.5, 0.6) is 11.5 Å². The van der Waals surface area contributed by atoms with Gasteiger partial charge in [-0.25, -0.2) is 4.98 Å². The molecule has 3 aromatic rings. The molecule has 5 nitrogen and oxygen atoms in total. The second-order valence-corrected chi connectivity index (χ2v) is 6.77. The molecule has 0 bridgehead atoms. The predicted molar refractivity (Wildman–Crippen MR) is 101 cm³/mol. The van der Waals surface area contributed by atoms with Crippen molar-refractivity contribution in [3.8, 4) is 11.5 Å². The van der Waals surface area contributed by atoms with Gasteiger partial charge in [-0.05, 0) is 63.0 Å². The number of nitrogens with zero attached hydrogens (tertiary/aromatic N) is 2. The molecule has 0 radical (unpaired) electrons. The van der Waals surface area contributed by atoms with Crippen LogP contribution in [0.4, 0.5) is 0 Å². The number of benzene rings is 2. The lowest BCUT2D eigenvalue weighted by Crippen LogP contribution is -2.22. The maximum Gasteiger partial charge on any atom is 0.287 e. The van der Waals surface area contributed by atoms with Crippen molar-refractivity contribution in [2.75, 3.05) is 7.05 Å². The predicted octanol–water partition coefficient (Wildman–Crippen LogP) is 4.73. The van der Waals surface area contributed by atoms with Crippen LogP contribution >= 0.6 is 31.9 Å². The molecule has 1 aromatic heterocycles. The summed E-state index contributed by atoms with van der Waals surface area (Å²) in [6.07, 6.45) is 0. The molecule has 0 aliphatic heterocycles. The van der Waals surface area contributed by atoms with Crippen LogP contribution in [-0.4, -0.2) is 22.5 Å². The van der Waals surface area contributed by atoms with Crippen molar-refractivity contribution in [2.24, 2.45) is 0 Å². The van der Waals surface area contributed by atoms with E-state index in [1.165, 1.54) is 0 Å². The van der Waals surface area contributed by atoms with Crippen LogP contribution in [0, 0.1) is 0 Å². The van der Waals surface area contributed by atoms with Crippen molar-refractivity contribution in [1.82, 2.24) is 14.9 Å². The van der Waals surface area contributed by atoms with E-state index in [4.69, 9.17) is 4.74 Å². The van der Waals surface area contributed by atoms with Gasteiger partial charge in [0.1, 0.15) is 5.75 Å². The first-order valence-electron chi connectivity index (χ1n) is 7.39. The molecule has 0 aliphatic carbocycles. The van der Waals surface area contributed by atoms with Crippen LogP contribution in [-0.2, 0) is 6.54 Å². The zero-order valence-corrected chi connectivity index (χ0v) is 16.3. The second kappa shape index (κ2) is 6.94. The summed E-state index contributed by atoms with van der Waals surface area (Å²) in [7, 11) is 1.60. The molecule has 3 rings (SSSR count). The highest BCUT2D eigenvalue weighted by Gasteiger charge is 2.16. The Hall–Kier alpha value is -1.86. The number of hydrogen-bond donors (Lipinski definition) is 1. The van der Waals surface area contributed by atoms with Gasteiger partial charge in [0.25, 0.3) is 5.91 Å². The molecule has 0 atom stereocenters. The van der Waals surface area contributed by atoms with Crippen molar-refractivity contribution in [1.29, 1.82) is 0 Å². The smallest absolute Gasteiger partial charge is 0.287 e. The summed E-state index contributed by atoms with van der Waals surface area (Å²) in [6, 6.07) is 11.3. The zero-order chi connectivity index (χ0) is 17.3. The maximum atomic E-state index is 12.0. The Bertz CT molecular complexity index is 901. The van der Waals surface area contributed by atoms with E-state index >= 15 is 0 Å². The zero-order valence-electron chi connectivity index (χ0n) is 13.1. The minimum absolute atomic E-state index is 0.205. The second-order valence-electron chi connectivity index (χ2n) is 5.06. The van der Waals surface area contributed by atoms with Gasteiger partial charge < -0.3 is 14.6 Å². The van der Waals surface area contributed by atoms with Crippen molar-refractivity contribution >= 4 is 48.8 Å². The number of halogens is 2. The van der Waals surface area contributed by atoms with Gasteiger partial charge in [0.2, 0.25) is 0 Å². The average Bonchev–Trinajstić information content (AvgIpc) is 2.95. The number of hydrogen-bond acceptors (Lipinski definition) is 3. The van der Waals surface area contributed by atoms with Gasteiger partial charge in [0, 0.05) is 19.7 Å². The molecule has 1 N–H and O–H groups in total. The van der Waals surface area contributed by atoms with Crippen LogP contribution in [0.3, 0.4) is 0 Å². The van der Waals surface area contributed by atoms with Crippen LogP contribution in [0.1, 0.15) is 17.5 Å². The Morgan fingerprint density at radius 3 is 2.58 bits per heavy atom. The molecule has 7 heteroatoms. The Morgan fingerprint density at radius 2 is 1.96 bits per heavy atom. The SMILES string of the molecule is CCn1c(C(=O)NC)nc2ccc(Oc3c(Br)cccc3Br)cc21. The first-order chi connectivity index (χ1) is 11.5. The summed E-state index contributed by atoms with van der Waals surface area (Å²) in [4.78, 5) is 16.4. The third kappa shape index (κ3) is 3.06. The number of aryl methyl sites for hydroxylation is 1. The lowest BCUT2D eigenvalue weighted by molar-refractivity contribution is 0.0949. The van der Waals surface area contributed by atoms with E-state index in [9.17, 15) is 4.79 Å². The van der Waals surface area contributed by atoms with Crippen molar-refractivity contribution in [2.45, 2.75) is 13.5 Å². The van der Waals surface area contributed by atoms with Crippen LogP contribution in [0.15, 0.2) is 45.3 Å². The molecule has 0 spiro atoms. The van der Waals surface area contributed by atoms with E-state index in [1.54, 1.807) is 7.05 Å². The highest BCUT2D eigenvalue weighted by molar-refractivity contribution is 9.11. The molecular formula is C17H15Br2N3O2. The van der Waals surface area contributed by atoms with Gasteiger partial charge in [-0.1, -0.05) is 6.07 Å². The van der Waals surface area contributed by atoms with Gasteiger partial charge in [0.05, 0.1) is 20.0 Å². The third-order valence-corrected chi connectivity index (χ3v) is 4.85. The lowest BCUT2D eigenvalue weighted by atomic mass is 10.3. The van der Waals surface area contributed by atoms with E-state index < -0.39 is 0 Å². The van der Waals surface area contributed by atoms with Gasteiger partial charge in [-0.2, -0.15) is 0 Å². The summed E-state index contributed by atoms with van der Waals surface area (Å²) in [6.45, 7) is 2.62. The Morgan fingerprint density at radius 1 is 1.25 bits per heavy atom. The highest BCUT2D eigenvalue weighted by atomic mass is 79.9. The van der Waals surface area contributed by atoms with E-state index in [-0.39, 0.29) is 5.91 Å². The fourth-order valence-electron chi connectivity index (χ4n) is 2.47. The molecule has 0 aliphatic rings. The number of rotatable bonds is 4. The molecular weight excluding hydrogens is 438 g/mol. The molecule has 2 aromatic carbocycles. The molecule has 1 heterocycles. The average molecular weight is 453 g/mol. The summed E-state index contributed by atoms with van der Waals surface area (Å²) in [5.74, 6) is 1.57. The number of fused-ring (bicyclic) bond motifs is 1. The highest BCUT2D eigenvalue weighted by Crippen LogP contribution is 2.37. The monoisotopic (exact) mass is 451 g/mol. The number of imidazole rings is 1. The number of carbonyl (C=O) groups excluding carboxylic acids is 1. The van der Waals surface area contributed by atoms with E-state index in [0.717, 1.165) is 20.0 Å². The molecule has 0 saturated carbocycles. The molecule has 124 valence electrons. The minimum atomic E-state index is -0.205. The molecule has 0 unspecified atom stereocenters. The molecule has 0 fully saturated rings. The fraction of sp³-hybridized carbons (Fsp3) is 0.176. The largest absolute Gasteiger partial charge is 0.455 e. The topological polar surface area (TPSA) is 56.2 Å². The van der Waals surface area contributed by atoms with Gasteiger partial charge in [-0.3, -0.25) is 4.79 Å². The van der Waals surface area contributed by atoms with Gasteiger partial charge in [-0.15, -0.1) is 0 Å². The summed E-state index contributed by atoms with van der Waals surface area (Å²) in [5, 5.41) is 2.62. The van der Waals surface area contributed by atoms with Crippen molar-refractivity contribution in [3.05, 3.63) is 51.2 Å². The van der Waals surface area contributed by atoms with E-state index in [2.05, 4.69) is 42.2 Å².